The molecule has 8 heteroatoms. The molecule has 0 bridgehead atoms. The maximum atomic E-state index is 13.4. The van der Waals surface area contributed by atoms with Gasteiger partial charge in [-0.05, 0) is 88.8 Å². The molecule has 34 heavy (non-hydrogen) atoms. The van der Waals surface area contributed by atoms with Crippen LogP contribution < -0.4 is 5.32 Å². The van der Waals surface area contributed by atoms with Gasteiger partial charge in [0.05, 0.1) is 6.42 Å². The number of nitrogens with one attached hydrogen (secondary N) is 1. The van der Waals surface area contributed by atoms with E-state index in [4.69, 9.17) is 23.8 Å². The molecule has 1 N–H and O–H groups in total. The molecule has 1 fully saturated rings. The Labute approximate surface area is 223 Å². The molecule has 3 aromatic rings. The van der Waals surface area contributed by atoms with Crippen LogP contribution in [0.2, 0.25) is 5.02 Å². The van der Waals surface area contributed by atoms with Gasteiger partial charge in [0.25, 0.3) is 5.91 Å². The smallest absolute Gasteiger partial charge is 0.252 e. The summed E-state index contributed by atoms with van der Waals surface area (Å²) < 4.78 is 1.08. The predicted molar refractivity (Wildman–Crippen MR) is 148 cm³/mol. The van der Waals surface area contributed by atoms with Crippen LogP contribution in [-0.2, 0) is 22.6 Å². The Balaban J connectivity index is 1.51. The Kier molecular flexibility index (Phi) is 8.18. The zero-order chi connectivity index (χ0) is 24.1. The van der Waals surface area contributed by atoms with Gasteiger partial charge in [-0.2, -0.15) is 0 Å². The normalized spacial score (nSPS) is 15.6. The fraction of sp³-hybridized carbons (Fsp3) is 0.192. The molecule has 2 amide bonds. The summed E-state index contributed by atoms with van der Waals surface area (Å²) in [5, 5.41) is 3.98. The first-order valence-corrected chi connectivity index (χ1v) is 12.7. The number of nitrogens with zero attached hydrogens (tertiary/aromatic N) is 2. The Bertz CT molecular complexity index is 1170. The molecule has 0 saturated carbocycles. The van der Waals surface area contributed by atoms with Crippen LogP contribution in [0.5, 0.6) is 0 Å². The Morgan fingerprint density at radius 2 is 1.65 bits per heavy atom. The fourth-order valence-electron chi connectivity index (χ4n) is 3.87. The lowest BCUT2D eigenvalue weighted by Gasteiger charge is -2.24. The minimum Gasteiger partial charge on any atom is -0.332 e. The summed E-state index contributed by atoms with van der Waals surface area (Å²) in [5.74, 6) is -0.374. The summed E-state index contributed by atoms with van der Waals surface area (Å²) >= 11 is 14.0. The number of carbonyl (C=O) groups is 2. The highest BCUT2D eigenvalue weighted by Gasteiger charge is 2.43. The van der Waals surface area contributed by atoms with Gasteiger partial charge >= 0.3 is 0 Å². The van der Waals surface area contributed by atoms with Crippen molar-refractivity contribution in [3.63, 3.8) is 0 Å². The second-order valence-electron chi connectivity index (χ2n) is 8.04. The molecule has 0 spiro atoms. The summed E-state index contributed by atoms with van der Waals surface area (Å²) in [4.78, 5) is 29.8. The zero-order valence-electron chi connectivity index (χ0n) is 18.3. The summed E-state index contributed by atoms with van der Waals surface area (Å²) in [5.41, 5.74) is 2.79. The van der Waals surface area contributed by atoms with Gasteiger partial charge in [-0.1, -0.05) is 54.1 Å². The van der Waals surface area contributed by atoms with Crippen LogP contribution >= 0.6 is 46.4 Å². The van der Waals surface area contributed by atoms with Gasteiger partial charge in [0, 0.05) is 27.4 Å². The number of amides is 2. The van der Waals surface area contributed by atoms with E-state index in [-0.39, 0.29) is 18.2 Å². The summed E-state index contributed by atoms with van der Waals surface area (Å²) in [6, 6.07) is 24.3. The molecular weight excluding hydrogens is 581 g/mol. The van der Waals surface area contributed by atoms with Crippen molar-refractivity contribution in [3.8, 4) is 0 Å². The molecule has 0 radical (unpaired) electrons. The number of hydrogen-bond donors (Lipinski definition) is 1. The molecule has 1 aliphatic heterocycles. The molecule has 5 nitrogen and oxygen atoms in total. The number of carbonyl (C=O) groups excluding carboxylic acids is 2. The van der Waals surface area contributed by atoms with Crippen LogP contribution in [0, 0.1) is 3.57 Å². The van der Waals surface area contributed by atoms with Crippen LogP contribution in [-0.4, -0.2) is 39.3 Å². The van der Waals surface area contributed by atoms with E-state index in [1.54, 1.807) is 4.90 Å². The van der Waals surface area contributed by atoms with E-state index in [0.29, 0.717) is 35.3 Å². The molecule has 1 aliphatic rings. The van der Waals surface area contributed by atoms with Crippen molar-refractivity contribution in [3.05, 3.63) is 98.6 Å². The van der Waals surface area contributed by atoms with Gasteiger partial charge in [-0.25, -0.2) is 0 Å². The van der Waals surface area contributed by atoms with Gasteiger partial charge in [0.2, 0.25) is 5.91 Å². The Hall–Kier alpha value is -2.49. The zero-order valence-corrected chi connectivity index (χ0v) is 22.0. The van der Waals surface area contributed by atoms with Crippen LogP contribution in [0.25, 0.3) is 0 Å². The molecule has 174 valence electrons. The lowest BCUT2D eigenvalue weighted by Crippen LogP contribution is -2.37. The van der Waals surface area contributed by atoms with E-state index in [2.05, 4.69) is 27.9 Å². The van der Waals surface area contributed by atoms with Crippen LogP contribution in [0.15, 0.2) is 78.9 Å². The van der Waals surface area contributed by atoms with E-state index in [9.17, 15) is 9.59 Å². The van der Waals surface area contributed by atoms with E-state index < -0.39 is 6.04 Å². The summed E-state index contributed by atoms with van der Waals surface area (Å²) in [7, 11) is 0. The van der Waals surface area contributed by atoms with E-state index in [0.717, 1.165) is 14.7 Å². The highest BCUT2D eigenvalue weighted by Crippen LogP contribution is 2.25. The van der Waals surface area contributed by atoms with Gasteiger partial charge in [0.1, 0.15) is 6.04 Å². The molecule has 4 rings (SSSR count). The molecule has 1 saturated heterocycles. The SMILES string of the molecule is O=C(CC1C(=O)N(CCc2ccccc2)C(=S)N1Cc1ccc(Cl)cc1)Nc1ccc(I)cc1. The Morgan fingerprint density at radius 1 is 0.971 bits per heavy atom. The number of hydrogen-bond acceptors (Lipinski definition) is 3. The van der Waals surface area contributed by atoms with Crippen LogP contribution in [0.4, 0.5) is 5.69 Å². The third-order valence-electron chi connectivity index (χ3n) is 5.64. The number of halogens is 2. The van der Waals surface area contributed by atoms with Crippen molar-refractivity contribution in [1.29, 1.82) is 0 Å². The molecular formula is C26H23ClIN3O2S. The van der Waals surface area contributed by atoms with Crippen molar-refractivity contribution in [2.24, 2.45) is 0 Å². The molecule has 3 aromatic carbocycles. The third kappa shape index (κ3) is 6.14. The third-order valence-corrected chi connectivity index (χ3v) is 7.07. The summed E-state index contributed by atoms with van der Waals surface area (Å²) in [6.07, 6.45) is 0.698. The molecule has 1 unspecified atom stereocenters. The minimum atomic E-state index is -0.664. The first kappa shape index (κ1) is 24.6. The first-order valence-electron chi connectivity index (χ1n) is 10.9. The van der Waals surface area contributed by atoms with Crippen molar-refractivity contribution >= 4 is 69.0 Å². The van der Waals surface area contributed by atoms with Gasteiger partial charge < -0.3 is 10.2 Å². The number of thiocarbonyl (C=S) groups is 1. The van der Waals surface area contributed by atoms with Crippen LogP contribution in [0.1, 0.15) is 17.5 Å². The van der Waals surface area contributed by atoms with E-state index >= 15 is 0 Å². The van der Waals surface area contributed by atoms with Crippen LogP contribution in [0.3, 0.4) is 0 Å². The maximum Gasteiger partial charge on any atom is 0.252 e. The predicted octanol–water partition coefficient (Wildman–Crippen LogP) is 5.51. The van der Waals surface area contributed by atoms with Crippen molar-refractivity contribution in [1.82, 2.24) is 9.80 Å². The monoisotopic (exact) mass is 603 g/mol. The number of benzene rings is 3. The summed E-state index contributed by atoms with van der Waals surface area (Å²) in [6.45, 7) is 0.888. The van der Waals surface area contributed by atoms with Crippen molar-refractivity contribution in [2.45, 2.75) is 25.4 Å². The van der Waals surface area contributed by atoms with Gasteiger partial charge in [-0.3, -0.25) is 14.5 Å². The van der Waals surface area contributed by atoms with E-state index in [1.165, 1.54) is 0 Å². The minimum absolute atomic E-state index is 0.0143. The molecule has 0 aliphatic carbocycles. The lowest BCUT2D eigenvalue weighted by molar-refractivity contribution is -0.130. The maximum absolute atomic E-state index is 13.4. The quantitative estimate of drug-likeness (QED) is 0.273. The molecule has 1 heterocycles. The van der Waals surface area contributed by atoms with Gasteiger partial charge in [-0.15, -0.1) is 0 Å². The fourth-order valence-corrected chi connectivity index (χ4v) is 4.73. The second kappa shape index (κ2) is 11.3. The average Bonchev–Trinajstić information content (AvgIpc) is 3.05. The largest absolute Gasteiger partial charge is 0.332 e. The Morgan fingerprint density at radius 3 is 2.32 bits per heavy atom. The van der Waals surface area contributed by atoms with Gasteiger partial charge in [0.15, 0.2) is 5.11 Å². The number of anilines is 1. The molecule has 0 aromatic heterocycles. The van der Waals surface area contributed by atoms with Crippen molar-refractivity contribution in [2.75, 3.05) is 11.9 Å². The number of rotatable bonds is 8. The second-order valence-corrected chi connectivity index (χ2v) is 10.1. The first-order chi connectivity index (χ1) is 16.4. The molecule has 1 atom stereocenters. The standard InChI is InChI=1S/C26H23ClIN3O2S/c27-20-8-6-19(7-9-20)17-31-23(16-24(32)29-22-12-10-21(28)11-13-22)25(33)30(26(31)34)15-14-18-4-2-1-3-5-18/h1-13,23H,14-17H2,(H,29,32). The average molecular weight is 604 g/mol. The van der Waals surface area contributed by atoms with E-state index in [1.807, 2.05) is 83.8 Å². The lowest BCUT2D eigenvalue weighted by atomic mass is 10.1. The highest BCUT2D eigenvalue weighted by atomic mass is 127. The highest BCUT2D eigenvalue weighted by molar-refractivity contribution is 14.1. The van der Waals surface area contributed by atoms with Crippen molar-refractivity contribution < 1.29 is 9.59 Å². The topological polar surface area (TPSA) is 52.7 Å².